The lowest BCUT2D eigenvalue weighted by Gasteiger charge is -1.91. The van der Waals surface area contributed by atoms with Gasteiger partial charge in [0.15, 0.2) is 0 Å². The number of hydrazine groups is 1. The van der Waals surface area contributed by atoms with Gasteiger partial charge in [0, 0.05) is 6.54 Å². The molecule has 0 atom stereocenters. The Bertz CT molecular complexity index is 167. The molecule has 0 saturated heterocycles. The Hall–Kier alpha value is -1.14. The molecule has 6 heteroatoms. The summed E-state index contributed by atoms with van der Waals surface area (Å²) in [6, 6.07) is 0. The van der Waals surface area contributed by atoms with Crippen LogP contribution in [0.15, 0.2) is 0 Å². The van der Waals surface area contributed by atoms with Gasteiger partial charge in [-0.1, -0.05) is 12.8 Å². The highest BCUT2D eigenvalue weighted by molar-refractivity contribution is 6.27. The molecule has 1 aliphatic rings. The summed E-state index contributed by atoms with van der Waals surface area (Å²) in [4.78, 5) is 18.2. The van der Waals surface area contributed by atoms with Crippen LogP contribution in [0.3, 0.4) is 0 Å². The summed E-state index contributed by atoms with van der Waals surface area (Å²) in [6.07, 6.45) is 4.14. The summed E-state index contributed by atoms with van der Waals surface area (Å²) < 4.78 is 0. The van der Waals surface area contributed by atoms with Crippen molar-refractivity contribution in [2.45, 2.75) is 19.3 Å². The second-order valence-electron chi connectivity index (χ2n) is 2.80. The van der Waals surface area contributed by atoms with Gasteiger partial charge in [-0.05, 0) is 12.3 Å². The molecule has 0 unspecified atom stereocenters. The Morgan fingerprint density at radius 2 is 1.77 bits per heavy atom. The van der Waals surface area contributed by atoms with Crippen molar-refractivity contribution < 1.29 is 19.8 Å². The molecule has 0 heterocycles. The first-order chi connectivity index (χ1) is 6.07. The van der Waals surface area contributed by atoms with Gasteiger partial charge in [0.1, 0.15) is 0 Å². The van der Waals surface area contributed by atoms with Gasteiger partial charge in [0.25, 0.3) is 0 Å². The first kappa shape index (κ1) is 11.9. The number of carboxylic acid groups (broad SMARTS) is 2. The average Bonchev–Trinajstić information content (AvgIpc) is 2.85. The monoisotopic (exact) mass is 190 g/mol. The van der Waals surface area contributed by atoms with Gasteiger partial charge in [0.2, 0.25) is 0 Å². The summed E-state index contributed by atoms with van der Waals surface area (Å²) in [6.45, 7) is 0.991. The fraction of sp³-hybridized carbons (Fsp3) is 0.714. The van der Waals surface area contributed by atoms with E-state index in [9.17, 15) is 0 Å². The summed E-state index contributed by atoms with van der Waals surface area (Å²) in [5.41, 5.74) is 2.64. The van der Waals surface area contributed by atoms with Crippen molar-refractivity contribution in [1.82, 2.24) is 5.43 Å². The predicted octanol–water partition coefficient (Wildman–Crippen LogP) is -0.595. The molecule has 1 fully saturated rings. The second-order valence-corrected chi connectivity index (χ2v) is 2.80. The van der Waals surface area contributed by atoms with Gasteiger partial charge in [-0.15, -0.1) is 0 Å². The standard InChI is InChI=1S/C5H12N2.C2H2O4/c6-7-4-3-5-1-2-5;3-1(4)2(5)6/h5,7H,1-4,6H2;(H,3,4)(H,5,6). The molecular weight excluding hydrogens is 176 g/mol. The van der Waals surface area contributed by atoms with E-state index in [2.05, 4.69) is 5.43 Å². The average molecular weight is 190 g/mol. The summed E-state index contributed by atoms with van der Waals surface area (Å²) in [5.74, 6) is 2.42. The van der Waals surface area contributed by atoms with E-state index in [0.717, 1.165) is 12.5 Å². The number of nitrogens with two attached hydrogens (primary N) is 1. The molecule has 0 bridgehead atoms. The van der Waals surface area contributed by atoms with Crippen LogP contribution in [0.2, 0.25) is 0 Å². The first-order valence-corrected chi connectivity index (χ1v) is 3.97. The zero-order valence-electron chi connectivity index (χ0n) is 7.19. The molecule has 0 aromatic heterocycles. The molecule has 1 saturated carbocycles. The largest absolute Gasteiger partial charge is 0.473 e. The number of aliphatic carboxylic acids is 2. The highest BCUT2D eigenvalue weighted by Crippen LogP contribution is 2.31. The van der Waals surface area contributed by atoms with Gasteiger partial charge in [-0.3, -0.25) is 11.3 Å². The van der Waals surface area contributed by atoms with Crippen molar-refractivity contribution >= 4 is 11.9 Å². The van der Waals surface area contributed by atoms with E-state index < -0.39 is 11.9 Å². The van der Waals surface area contributed by atoms with Crippen LogP contribution in [0, 0.1) is 5.92 Å². The number of hydrogen-bond acceptors (Lipinski definition) is 4. The smallest absolute Gasteiger partial charge is 0.414 e. The molecule has 1 aliphatic carbocycles. The van der Waals surface area contributed by atoms with Crippen LogP contribution in [0.25, 0.3) is 0 Å². The molecule has 0 amide bonds. The van der Waals surface area contributed by atoms with E-state index >= 15 is 0 Å². The quantitative estimate of drug-likeness (QED) is 0.268. The topological polar surface area (TPSA) is 113 Å². The van der Waals surface area contributed by atoms with Crippen molar-refractivity contribution in [2.75, 3.05) is 6.54 Å². The Kier molecular flexibility index (Phi) is 5.82. The van der Waals surface area contributed by atoms with Crippen LogP contribution in [0.5, 0.6) is 0 Å². The Labute approximate surface area is 75.7 Å². The van der Waals surface area contributed by atoms with Crippen molar-refractivity contribution in [2.24, 2.45) is 11.8 Å². The Morgan fingerprint density at radius 3 is 2.00 bits per heavy atom. The van der Waals surface area contributed by atoms with Crippen LogP contribution in [0.1, 0.15) is 19.3 Å². The van der Waals surface area contributed by atoms with Crippen LogP contribution < -0.4 is 11.3 Å². The van der Waals surface area contributed by atoms with E-state index in [1.54, 1.807) is 0 Å². The summed E-state index contributed by atoms with van der Waals surface area (Å²) in [5, 5.41) is 14.8. The molecule has 6 nitrogen and oxygen atoms in total. The normalized spacial score (nSPS) is 14.2. The maximum Gasteiger partial charge on any atom is 0.414 e. The fourth-order valence-electron chi connectivity index (χ4n) is 0.694. The Morgan fingerprint density at radius 1 is 1.31 bits per heavy atom. The summed E-state index contributed by atoms with van der Waals surface area (Å²) in [7, 11) is 0. The van der Waals surface area contributed by atoms with Gasteiger partial charge >= 0.3 is 11.9 Å². The second kappa shape index (κ2) is 6.38. The molecule has 0 aromatic carbocycles. The zero-order valence-corrected chi connectivity index (χ0v) is 7.19. The molecule has 76 valence electrons. The third-order valence-corrected chi connectivity index (χ3v) is 1.58. The molecule has 13 heavy (non-hydrogen) atoms. The van der Waals surface area contributed by atoms with Crippen LogP contribution in [-0.4, -0.2) is 28.7 Å². The molecule has 0 spiro atoms. The lowest BCUT2D eigenvalue weighted by molar-refractivity contribution is -0.159. The van der Waals surface area contributed by atoms with Gasteiger partial charge in [-0.25, -0.2) is 9.59 Å². The number of rotatable bonds is 3. The number of carboxylic acids is 2. The highest BCUT2D eigenvalue weighted by atomic mass is 16.4. The van der Waals surface area contributed by atoms with Crippen molar-refractivity contribution in [1.29, 1.82) is 0 Å². The molecule has 1 rings (SSSR count). The van der Waals surface area contributed by atoms with Crippen LogP contribution in [0.4, 0.5) is 0 Å². The SMILES string of the molecule is NNCCC1CC1.O=C(O)C(=O)O. The van der Waals surface area contributed by atoms with E-state index in [1.165, 1.54) is 19.3 Å². The van der Waals surface area contributed by atoms with E-state index in [4.69, 9.17) is 25.6 Å². The van der Waals surface area contributed by atoms with E-state index in [0.29, 0.717) is 0 Å². The molecule has 5 N–H and O–H groups in total. The van der Waals surface area contributed by atoms with Crippen molar-refractivity contribution in [3.05, 3.63) is 0 Å². The number of nitrogens with one attached hydrogen (secondary N) is 1. The van der Waals surface area contributed by atoms with Crippen LogP contribution in [-0.2, 0) is 9.59 Å². The number of hydrogen-bond donors (Lipinski definition) is 4. The minimum Gasteiger partial charge on any atom is -0.473 e. The minimum absolute atomic E-state index is 0.991. The third-order valence-electron chi connectivity index (χ3n) is 1.58. The van der Waals surface area contributed by atoms with E-state index in [1.807, 2.05) is 0 Å². The van der Waals surface area contributed by atoms with Gasteiger partial charge in [-0.2, -0.15) is 0 Å². The van der Waals surface area contributed by atoms with E-state index in [-0.39, 0.29) is 0 Å². The molecule has 0 aromatic rings. The molecular formula is C7H14N2O4. The maximum atomic E-state index is 9.10. The lowest BCUT2D eigenvalue weighted by atomic mass is 10.3. The molecule has 0 aliphatic heterocycles. The first-order valence-electron chi connectivity index (χ1n) is 3.97. The zero-order chi connectivity index (χ0) is 10.3. The highest BCUT2D eigenvalue weighted by Gasteiger charge is 2.19. The Balaban J connectivity index is 0.000000226. The van der Waals surface area contributed by atoms with Gasteiger partial charge in [0.05, 0.1) is 0 Å². The number of carbonyl (C=O) groups is 2. The predicted molar refractivity (Wildman–Crippen MR) is 44.8 cm³/mol. The third kappa shape index (κ3) is 8.77. The van der Waals surface area contributed by atoms with Gasteiger partial charge < -0.3 is 10.2 Å². The maximum absolute atomic E-state index is 9.10. The van der Waals surface area contributed by atoms with Crippen LogP contribution >= 0.6 is 0 Å². The van der Waals surface area contributed by atoms with Crippen molar-refractivity contribution in [3.8, 4) is 0 Å². The van der Waals surface area contributed by atoms with Crippen molar-refractivity contribution in [3.63, 3.8) is 0 Å². The minimum atomic E-state index is -1.82. The summed E-state index contributed by atoms with van der Waals surface area (Å²) >= 11 is 0. The lowest BCUT2D eigenvalue weighted by Crippen LogP contribution is -2.23. The fourth-order valence-corrected chi connectivity index (χ4v) is 0.694. The molecule has 0 radical (unpaired) electrons.